The van der Waals surface area contributed by atoms with Crippen LogP contribution in [-0.4, -0.2) is 29.8 Å². The first-order valence-electron chi connectivity index (χ1n) is 7.57. The smallest absolute Gasteiger partial charge is 0.254 e. The number of carbonyl (C=O) groups excluding carboxylic acids is 2. The second-order valence-corrected chi connectivity index (χ2v) is 6.55. The van der Waals surface area contributed by atoms with E-state index in [1.165, 1.54) is 6.07 Å². The van der Waals surface area contributed by atoms with Crippen molar-refractivity contribution in [3.8, 4) is 0 Å². The van der Waals surface area contributed by atoms with Gasteiger partial charge in [-0.25, -0.2) is 0 Å². The Morgan fingerprint density at radius 1 is 1.17 bits per heavy atom. The maximum Gasteiger partial charge on any atom is 0.254 e. The largest absolute Gasteiger partial charge is 0.352 e. The van der Waals surface area contributed by atoms with E-state index in [0.29, 0.717) is 28.7 Å². The quantitative estimate of drug-likeness (QED) is 0.886. The number of halogens is 2. The minimum Gasteiger partial charge on any atom is -0.352 e. The van der Waals surface area contributed by atoms with Gasteiger partial charge in [0.05, 0.1) is 10.0 Å². The van der Waals surface area contributed by atoms with Gasteiger partial charge in [-0.1, -0.05) is 53.0 Å². The number of nitrogens with one attached hydrogen (secondary N) is 1. The molecule has 1 aliphatic heterocycles. The van der Waals surface area contributed by atoms with Crippen LogP contribution in [0.1, 0.15) is 27.5 Å². The Bertz CT molecular complexity index is 807. The van der Waals surface area contributed by atoms with Crippen LogP contribution in [0, 0.1) is 6.92 Å². The van der Waals surface area contributed by atoms with Gasteiger partial charge in [0.15, 0.2) is 0 Å². The summed E-state index contributed by atoms with van der Waals surface area (Å²) in [5, 5.41) is 3.53. The zero-order valence-electron chi connectivity index (χ0n) is 13.1. The SMILES string of the molecule is Cc1cccc(C2C(=O)NCCN2C(=O)c2ccc(Cl)c(Cl)c2)c1. The van der Waals surface area contributed by atoms with Crippen molar-refractivity contribution < 1.29 is 9.59 Å². The maximum absolute atomic E-state index is 12.9. The Morgan fingerprint density at radius 2 is 1.96 bits per heavy atom. The Kier molecular flexibility index (Phi) is 4.78. The van der Waals surface area contributed by atoms with E-state index in [4.69, 9.17) is 23.2 Å². The minimum absolute atomic E-state index is 0.180. The van der Waals surface area contributed by atoms with Crippen molar-refractivity contribution in [2.75, 3.05) is 13.1 Å². The van der Waals surface area contributed by atoms with E-state index in [9.17, 15) is 9.59 Å². The second kappa shape index (κ2) is 6.83. The molecular weight excluding hydrogens is 347 g/mol. The first kappa shape index (κ1) is 16.8. The molecule has 1 fully saturated rings. The Balaban J connectivity index is 1.98. The van der Waals surface area contributed by atoms with Gasteiger partial charge in [0.2, 0.25) is 5.91 Å². The Labute approximate surface area is 150 Å². The van der Waals surface area contributed by atoms with Crippen LogP contribution in [0.5, 0.6) is 0 Å². The molecule has 2 amide bonds. The van der Waals surface area contributed by atoms with Crippen LogP contribution < -0.4 is 5.32 Å². The van der Waals surface area contributed by atoms with Gasteiger partial charge in [-0.3, -0.25) is 9.59 Å². The van der Waals surface area contributed by atoms with E-state index in [2.05, 4.69) is 5.32 Å². The first-order chi connectivity index (χ1) is 11.5. The van der Waals surface area contributed by atoms with Crippen molar-refractivity contribution in [3.05, 3.63) is 69.2 Å². The molecule has 4 nitrogen and oxygen atoms in total. The highest BCUT2D eigenvalue weighted by Gasteiger charge is 2.34. The molecule has 1 saturated heterocycles. The average molecular weight is 363 g/mol. The Morgan fingerprint density at radius 3 is 2.67 bits per heavy atom. The monoisotopic (exact) mass is 362 g/mol. The summed E-state index contributed by atoms with van der Waals surface area (Å²) in [5.41, 5.74) is 2.24. The van der Waals surface area contributed by atoms with E-state index in [0.717, 1.165) is 11.1 Å². The fourth-order valence-corrected chi connectivity index (χ4v) is 3.15. The number of rotatable bonds is 2. The molecule has 6 heteroatoms. The topological polar surface area (TPSA) is 49.4 Å². The maximum atomic E-state index is 12.9. The van der Waals surface area contributed by atoms with E-state index in [1.54, 1.807) is 17.0 Å². The third-order valence-corrected chi connectivity index (χ3v) is 4.74. The molecular formula is C18H16Cl2N2O2. The molecule has 1 aliphatic rings. The van der Waals surface area contributed by atoms with Crippen LogP contribution in [0.25, 0.3) is 0 Å². The zero-order chi connectivity index (χ0) is 17.3. The van der Waals surface area contributed by atoms with E-state index in [1.807, 2.05) is 31.2 Å². The van der Waals surface area contributed by atoms with Gasteiger partial charge < -0.3 is 10.2 Å². The molecule has 0 bridgehead atoms. The zero-order valence-corrected chi connectivity index (χ0v) is 14.6. The fraction of sp³-hybridized carbons (Fsp3) is 0.222. The lowest BCUT2D eigenvalue weighted by Crippen LogP contribution is -2.52. The summed E-state index contributed by atoms with van der Waals surface area (Å²) >= 11 is 11.9. The lowest BCUT2D eigenvalue weighted by molar-refractivity contribution is -0.128. The van der Waals surface area contributed by atoms with Gasteiger partial charge >= 0.3 is 0 Å². The molecule has 2 aromatic rings. The highest BCUT2D eigenvalue weighted by atomic mass is 35.5. The average Bonchev–Trinajstić information content (AvgIpc) is 2.56. The van der Waals surface area contributed by atoms with Crippen molar-refractivity contribution >= 4 is 35.0 Å². The fourth-order valence-electron chi connectivity index (χ4n) is 2.85. The molecule has 0 radical (unpaired) electrons. The summed E-state index contributed by atoms with van der Waals surface area (Å²) in [6.45, 7) is 2.81. The van der Waals surface area contributed by atoms with Crippen LogP contribution >= 0.6 is 23.2 Å². The molecule has 0 spiro atoms. The summed E-state index contributed by atoms with van der Waals surface area (Å²) in [7, 11) is 0. The molecule has 1 N–H and O–H groups in total. The highest BCUT2D eigenvalue weighted by Crippen LogP contribution is 2.28. The molecule has 1 atom stereocenters. The number of hydrogen-bond donors (Lipinski definition) is 1. The standard InChI is InChI=1S/C18H16Cl2N2O2/c1-11-3-2-4-12(9-11)16-17(23)21-7-8-22(16)18(24)13-5-6-14(19)15(20)10-13/h2-6,9-10,16H,7-8H2,1H3,(H,21,23). The van der Waals surface area contributed by atoms with Crippen LogP contribution in [-0.2, 0) is 4.79 Å². The normalized spacial score (nSPS) is 17.5. The number of piperazine rings is 1. The summed E-state index contributed by atoms with van der Waals surface area (Å²) in [5.74, 6) is -0.421. The Hall–Kier alpha value is -2.04. The molecule has 0 saturated carbocycles. The van der Waals surface area contributed by atoms with Crippen molar-refractivity contribution in [3.63, 3.8) is 0 Å². The minimum atomic E-state index is -0.652. The van der Waals surface area contributed by atoms with Gasteiger partial charge in [-0.05, 0) is 30.7 Å². The van der Waals surface area contributed by atoms with Gasteiger partial charge in [-0.2, -0.15) is 0 Å². The van der Waals surface area contributed by atoms with E-state index < -0.39 is 6.04 Å². The first-order valence-corrected chi connectivity index (χ1v) is 8.33. The molecule has 2 aromatic carbocycles. The predicted molar refractivity (Wildman–Crippen MR) is 94.4 cm³/mol. The van der Waals surface area contributed by atoms with Gasteiger partial charge in [-0.15, -0.1) is 0 Å². The molecule has 0 aromatic heterocycles. The predicted octanol–water partition coefficient (Wildman–Crippen LogP) is 3.62. The summed E-state index contributed by atoms with van der Waals surface area (Å²) in [4.78, 5) is 26.9. The van der Waals surface area contributed by atoms with E-state index in [-0.39, 0.29) is 11.8 Å². The van der Waals surface area contributed by atoms with Crippen LogP contribution in [0.15, 0.2) is 42.5 Å². The molecule has 1 unspecified atom stereocenters. The van der Waals surface area contributed by atoms with Gasteiger partial charge in [0.25, 0.3) is 5.91 Å². The molecule has 24 heavy (non-hydrogen) atoms. The van der Waals surface area contributed by atoms with Crippen LogP contribution in [0.4, 0.5) is 0 Å². The molecule has 3 rings (SSSR count). The van der Waals surface area contributed by atoms with Crippen molar-refractivity contribution in [1.29, 1.82) is 0 Å². The third-order valence-electron chi connectivity index (χ3n) is 4.00. The lowest BCUT2D eigenvalue weighted by atomic mass is 9.99. The number of benzene rings is 2. The molecule has 0 aliphatic carbocycles. The summed E-state index contributed by atoms with van der Waals surface area (Å²) in [6.07, 6.45) is 0. The number of carbonyl (C=O) groups is 2. The van der Waals surface area contributed by atoms with Crippen molar-refractivity contribution in [1.82, 2.24) is 10.2 Å². The summed E-state index contributed by atoms with van der Waals surface area (Å²) < 4.78 is 0. The van der Waals surface area contributed by atoms with E-state index >= 15 is 0 Å². The van der Waals surface area contributed by atoms with Crippen molar-refractivity contribution in [2.45, 2.75) is 13.0 Å². The second-order valence-electron chi connectivity index (χ2n) is 5.74. The number of amides is 2. The molecule has 1 heterocycles. The summed E-state index contributed by atoms with van der Waals surface area (Å²) in [6, 6.07) is 11.7. The van der Waals surface area contributed by atoms with Crippen LogP contribution in [0.3, 0.4) is 0 Å². The van der Waals surface area contributed by atoms with Gasteiger partial charge in [0, 0.05) is 18.7 Å². The highest BCUT2D eigenvalue weighted by molar-refractivity contribution is 6.42. The van der Waals surface area contributed by atoms with Gasteiger partial charge in [0.1, 0.15) is 6.04 Å². The molecule has 124 valence electrons. The van der Waals surface area contributed by atoms with Crippen molar-refractivity contribution in [2.24, 2.45) is 0 Å². The number of aryl methyl sites for hydroxylation is 1. The lowest BCUT2D eigenvalue weighted by Gasteiger charge is -2.35. The third kappa shape index (κ3) is 3.25. The number of hydrogen-bond acceptors (Lipinski definition) is 2. The number of nitrogens with zero attached hydrogens (tertiary/aromatic N) is 1. The van der Waals surface area contributed by atoms with Crippen LogP contribution in [0.2, 0.25) is 10.0 Å².